The first-order valence-electron chi connectivity index (χ1n) is 11.0. The van der Waals surface area contributed by atoms with Crippen molar-refractivity contribution in [3.63, 3.8) is 0 Å². The highest BCUT2D eigenvalue weighted by Crippen LogP contribution is 2.65. The van der Waals surface area contributed by atoms with Gasteiger partial charge in [0.1, 0.15) is 18.5 Å². The molecule has 8 heteroatoms. The molecule has 0 aromatic rings. The van der Waals surface area contributed by atoms with E-state index in [-0.39, 0.29) is 16.7 Å². The molecule has 2 N–H and O–H groups in total. The predicted octanol–water partition coefficient (Wildman–Crippen LogP) is 3.12. The molecule has 0 aromatic heterocycles. The highest BCUT2D eigenvalue weighted by molar-refractivity contribution is 5.87. The third-order valence-corrected chi connectivity index (χ3v) is 8.83. The number of ketones is 1. The smallest absolute Gasteiger partial charge is 0.294 e. The molecule has 4 saturated carbocycles. The maximum Gasteiger partial charge on any atom is 0.294 e. The van der Waals surface area contributed by atoms with Gasteiger partial charge in [-0.3, -0.25) is 4.79 Å². The normalized spacial score (nSPS) is 45.3. The Balaban J connectivity index is 1.63. The molecular weight excluding hydrogens is 374 g/mol. The number of fused-ring (bicyclic) bond motifs is 5. The summed E-state index contributed by atoms with van der Waals surface area (Å²) in [6.07, 6.45) is 6.20. The van der Waals surface area contributed by atoms with Crippen LogP contribution in [0, 0.1) is 44.6 Å². The molecule has 0 amide bonds. The van der Waals surface area contributed by atoms with E-state index in [1.54, 1.807) is 0 Å². The van der Waals surface area contributed by atoms with Crippen LogP contribution in [0.15, 0.2) is 5.16 Å². The van der Waals surface area contributed by atoms with Crippen molar-refractivity contribution in [2.45, 2.75) is 71.3 Å². The fourth-order valence-electron chi connectivity index (χ4n) is 7.34. The van der Waals surface area contributed by atoms with Crippen molar-refractivity contribution in [3.8, 4) is 0 Å². The Morgan fingerprint density at radius 3 is 2.72 bits per heavy atom. The molecule has 4 aliphatic rings. The summed E-state index contributed by atoms with van der Waals surface area (Å²) in [4.78, 5) is 34.5. The second-order valence-electron chi connectivity index (χ2n) is 9.99. The third-order valence-electron chi connectivity index (χ3n) is 8.83. The molecule has 162 valence electrons. The van der Waals surface area contributed by atoms with E-state index in [1.807, 2.05) is 0 Å². The van der Waals surface area contributed by atoms with E-state index in [4.69, 9.17) is 15.4 Å². The summed E-state index contributed by atoms with van der Waals surface area (Å²) in [6.45, 7) is 5.20. The first-order chi connectivity index (χ1) is 13.8. The number of carbonyl (C=O) groups is 1. The van der Waals surface area contributed by atoms with Crippen molar-refractivity contribution >= 4 is 11.5 Å². The molecule has 29 heavy (non-hydrogen) atoms. The Labute approximate surface area is 171 Å². The van der Waals surface area contributed by atoms with Crippen LogP contribution in [-0.2, 0) is 14.5 Å². The van der Waals surface area contributed by atoms with Gasteiger partial charge in [0.2, 0.25) is 0 Å². The standard InChI is InChI=1S/C21H33N3O5/c1-20-7-5-13(23-28-10-9-22)11-17(20)18(29-24(26)27)12-14-15-3-4-19(25)21(15,2)8-6-16(14)20/h14-18H,3-12,22H2,1-2H3/t14-,15-,16+,17?,18?,20+,21-/m0/s1. The minimum absolute atomic E-state index is 0.0382. The highest BCUT2D eigenvalue weighted by atomic mass is 17.0. The lowest BCUT2D eigenvalue weighted by molar-refractivity contribution is -0.772. The van der Waals surface area contributed by atoms with Crippen molar-refractivity contribution in [3.05, 3.63) is 10.1 Å². The van der Waals surface area contributed by atoms with E-state index in [0.29, 0.717) is 56.0 Å². The third kappa shape index (κ3) is 3.33. The summed E-state index contributed by atoms with van der Waals surface area (Å²) in [5.74, 6) is 1.56. The first-order valence-corrected chi connectivity index (χ1v) is 11.0. The molecule has 4 aliphatic carbocycles. The van der Waals surface area contributed by atoms with Gasteiger partial charge in [-0.2, -0.15) is 0 Å². The van der Waals surface area contributed by atoms with Gasteiger partial charge in [0.15, 0.2) is 0 Å². The minimum Gasteiger partial charge on any atom is -0.395 e. The van der Waals surface area contributed by atoms with Crippen LogP contribution >= 0.6 is 0 Å². The van der Waals surface area contributed by atoms with Gasteiger partial charge in [0, 0.05) is 18.4 Å². The predicted molar refractivity (Wildman–Crippen MR) is 106 cm³/mol. The number of Topliss-reactive ketones (excluding diaryl/α,β-unsaturated/α-hetero) is 1. The Kier molecular flexibility index (Phi) is 5.34. The minimum atomic E-state index is -0.635. The van der Waals surface area contributed by atoms with Crippen LogP contribution in [0.1, 0.15) is 65.2 Å². The molecule has 0 aromatic carbocycles. The maximum absolute atomic E-state index is 12.6. The van der Waals surface area contributed by atoms with E-state index in [0.717, 1.165) is 37.8 Å². The lowest BCUT2D eigenvalue weighted by Crippen LogP contribution is -2.58. The molecule has 8 nitrogen and oxygen atoms in total. The second-order valence-corrected chi connectivity index (χ2v) is 9.99. The zero-order valence-electron chi connectivity index (χ0n) is 17.5. The number of hydrogen-bond donors (Lipinski definition) is 1. The molecule has 0 bridgehead atoms. The van der Waals surface area contributed by atoms with Crippen LogP contribution in [0.2, 0.25) is 0 Å². The van der Waals surface area contributed by atoms with Crippen molar-refractivity contribution in [2.24, 2.45) is 45.4 Å². The Morgan fingerprint density at radius 2 is 2.00 bits per heavy atom. The summed E-state index contributed by atoms with van der Waals surface area (Å²) in [7, 11) is 0. The number of nitrogens with zero attached hydrogens (tertiary/aromatic N) is 2. The SMILES string of the molecule is C[C@]12CCC(=NOCCN)CC1C(O[N+](=O)[O-])C[C@@H]1[C@H]2CC[C@]2(C)C(=O)CC[C@@H]12. The van der Waals surface area contributed by atoms with Gasteiger partial charge < -0.3 is 15.4 Å². The van der Waals surface area contributed by atoms with Crippen molar-refractivity contribution in [2.75, 3.05) is 13.2 Å². The molecule has 0 radical (unpaired) electrons. The van der Waals surface area contributed by atoms with Crippen LogP contribution in [-0.4, -0.2) is 35.8 Å². The summed E-state index contributed by atoms with van der Waals surface area (Å²) in [5, 5.41) is 14.9. The van der Waals surface area contributed by atoms with E-state index in [1.165, 1.54) is 0 Å². The Morgan fingerprint density at radius 1 is 1.21 bits per heavy atom. The molecule has 0 heterocycles. The zero-order chi connectivity index (χ0) is 20.8. The lowest BCUT2D eigenvalue weighted by Gasteiger charge is -2.61. The molecule has 7 atom stereocenters. The van der Waals surface area contributed by atoms with Gasteiger partial charge in [-0.1, -0.05) is 19.0 Å². The molecule has 4 fully saturated rings. The zero-order valence-corrected chi connectivity index (χ0v) is 17.5. The quantitative estimate of drug-likeness (QED) is 0.425. The number of oxime groups is 1. The molecule has 4 rings (SSSR count). The van der Waals surface area contributed by atoms with Crippen molar-refractivity contribution < 1.29 is 19.6 Å². The number of nitrogens with two attached hydrogens (primary N) is 1. The van der Waals surface area contributed by atoms with Gasteiger partial charge in [0.25, 0.3) is 5.09 Å². The molecule has 0 saturated heterocycles. The molecule has 0 spiro atoms. The topological polar surface area (TPSA) is 117 Å². The van der Waals surface area contributed by atoms with Gasteiger partial charge in [-0.05, 0) is 74.0 Å². The largest absolute Gasteiger partial charge is 0.395 e. The molecular formula is C21H33N3O5. The average Bonchev–Trinajstić information content (AvgIpc) is 2.97. The van der Waals surface area contributed by atoms with Crippen LogP contribution < -0.4 is 5.73 Å². The molecule has 0 aliphatic heterocycles. The maximum atomic E-state index is 12.6. The van der Waals surface area contributed by atoms with E-state index in [2.05, 4.69) is 19.0 Å². The van der Waals surface area contributed by atoms with Crippen molar-refractivity contribution in [1.29, 1.82) is 0 Å². The van der Waals surface area contributed by atoms with Crippen LogP contribution in [0.25, 0.3) is 0 Å². The van der Waals surface area contributed by atoms with E-state index < -0.39 is 11.2 Å². The summed E-state index contributed by atoms with van der Waals surface area (Å²) in [5.41, 5.74) is 6.14. The fourth-order valence-corrected chi connectivity index (χ4v) is 7.34. The fraction of sp³-hybridized carbons (Fsp3) is 0.905. The Bertz CT molecular complexity index is 712. The van der Waals surface area contributed by atoms with E-state index in [9.17, 15) is 14.9 Å². The van der Waals surface area contributed by atoms with Gasteiger partial charge in [0.05, 0.1) is 5.71 Å². The number of rotatable bonds is 5. The van der Waals surface area contributed by atoms with Gasteiger partial charge >= 0.3 is 0 Å². The van der Waals surface area contributed by atoms with Crippen LogP contribution in [0.3, 0.4) is 0 Å². The molecule has 2 unspecified atom stereocenters. The van der Waals surface area contributed by atoms with Crippen LogP contribution in [0.4, 0.5) is 0 Å². The van der Waals surface area contributed by atoms with Crippen LogP contribution in [0.5, 0.6) is 0 Å². The monoisotopic (exact) mass is 407 g/mol. The number of hydrogen-bond acceptors (Lipinski definition) is 7. The lowest BCUT2D eigenvalue weighted by atomic mass is 9.44. The van der Waals surface area contributed by atoms with Gasteiger partial charge in [-0.25, -0.2) is 0 Å². The average molecular weight is 408 g/mol. The first kappa shape index (κ1) is 20.6. The summed E-state index contributed by atoms with van der Waals surface area (Å²) < 4.78 is 0. The summed E-state index contributed by atoms with van der Waals surface area (Å²) in [6, 6.07) is 0. The number of carbonyl (C=O) groups excluding carboxylic acids is 1. The second kappa shape index (κ2) is 7.52. The Hall–Kier alpha value is -1.70. The van der Waals surface area contributed by atoms with Gasteiger partial charge in [-0.15, -0.1) is 10.1 Å². The highest BCUT2D eigenvalue weighted by Gasteiger charge is 2.62. The van der Waals surface area contributed by atoms with E-state index >= 15 is 0 Å². The summed E-state index contributed by atoms with van der Waals surface area (Å²) >= 11 is 0. The van der Waals surface area contributed by atoms with Crippen molar-refractivity contribution in [1.82, 2.24) is 0 Å².